The Labute approximate surface area is 115 Å². The lowest BCUT2D eigenvalue weighted by Gasteiger charge is -2.12. The van der Waals surface area contributed by atoms with Crippen molar-refractivity contribution in [3.8, 4) is 0 Å². The number of H-pyrrole nitrogens is 1. The second-order valence-electron chi connectivity index (χ2n) is 5.19. The molecular formula is C14H15N3O3. The molecule has 1 aromatic heterocycles. The van der Waals surface area contributed by atoms with Gasteiger partial charge in [0.25, 0.3) is 5.91 Å². The van der Waals surface area contributed by atoms with Crippen LogP contribution in [0.5, 0.6) is 0 Å². The van der Waals surface area contributed by atoms with Crippen LogP contribution in [0.2, 0.25) is 0 Å². The second-order valence-corrected chi connectivity index (χ2v) is 5.19. The molecule has 0 radical (unpaired) electrons. The average molecular weight is 273 g/mol. The largest absolute Gasteiger partial charge is 0.481 e. The molecule has 6 heteroatoms. The van der Waals surface area contributed by atoms with Crippen molar-refractivity contribution in [1.82, 2.24) is 15.5 Å². The normalized spacial score (nSPS) is 22.0. The van der Waals surface area contributed by atoms with Crippen molar-refractivity contribution in [2.24, 2.45) is 5.92 Å². The van der Waals surface area contributed by atoms with Gasteiger partial charge in [0.15, 0.2) is 0 Å². The molecule has 1 aliphatic carbocycles. The molecule has 0 bridgehead atoms. The van der Waals surface area contributed by atoms with Gasteiger partial charge in [-0.2, -0.15) is 5.10 Å². The first kappa shape index (κ1) is 12.7. The zero-order valence-corrected chi connectivity index (χ0v) is 10.8. The molecule has 2 atom stereocenters. The fourth-order valence-corrected chi connectivity index (χ4v) is 2.69. The van der Waals surface area contributed by atoms with E-state index in [9.17, 15) is 9.59 Å². The number of rotatable bonds is 3. The van der Waals surface area contributed by atoms with Crippen molar-refractivity contribution >= 4 is 22.8 Å². The summed E-state index contributed by atoms with van der Waals surface area (Å²) in [5.41, 5.74) is 1.45. The number of nitrogens with one attached hydrogen (secondary N) is 2. The van der Waals surface area contributed by atoms with Crippen LogP contribution in [0.4, 0.5) is 0 Å². The first-order valence-corrected chi connectivity index (χ1v) is 6.60. The zero-order valence-electron chi connectivity index (χ0n) is 10.8. The number of amides is 1. The monoisotopic (exact) mass is 273 g/mol. The van der Waals surface area contributed by atoms with Crippen molar-refractivity contribution in [1.29, 1.82) is 0 Å². The Morgan fingerprint density at radius 3 is 2.95 bits per heavy atom. The Morgan fingerprint density at radius 1 is 1.35 bits per heavy atom. The van der Waals surface area contributed by atoms with E-state index in [1.165, 1.54) is 0 Å². The molecule has 0 spiro atoms. The number of benzene rings is 1. The minimum atomic E-state index is -0.776. The summed E-state index contributed by atoms with van der Waals surface area (Å²) < 4.78 is 0. The molecule has 3 N–H and O–H groups in total. The van der Waals surface area contributed by atoms with Crippen LogP contribution in [0.15, 0.2) is 24.4 Å². The molecule has 1 amide bonds. The van der Waals surface area contributed by atoms with Gasteiger partial charge in [0.1, 0.15) is 0 Å². The summed E-state index contributed by atoms with van der Waals surface area (Å²) in [6, 6.07) is 5.27. The molecule has 2 aromatic rings. The SMILES string of the molecule is O=C(N[C@H]1CC[C@@H](C(=O)O)C1)c1ccc2[nH]ncc2c1. The Hall–Kier alpha value is -2.37. The smallest absolute Gasteiger partial charge is 0.306 e. The highest BCUT2D eigenvalue weighted by molar-refractivity contribution is 5.98. The van der Waals surface area contributed by atoms with Crippen LogP contribution in [0.1, 0.15) is 29.6 Å². The van der Waals surface area contributed by atoms with Crippen molar-refractivity contribution in [3.05, 3.63) is 30.0 Å². The van der Waals surface area contributed by atoms with E-state index in [1.54, 1.807) is 18.3 Å². The number of carboxylic acid groups (broad SMARTS) is 1. The highest BCUT2D eigenvalue weighted by Gasteiger charge is 2.30. The maximum atomic E-state index is 12.2. The fraction of sp³-hybridized carbons (Fsp3) is 0.357. The molecule has 1 heterocycles. The average Bonchev–Trinajstić information content (AvgIpc) is 3.05. The lowest BCUT2D eigenvalue weighted by Crippen LogP contribution is -2.33. The van der Waals surface area contributed by atoms with Gasteiger partial charge in [0.05, 0.1) is 17.6 Å². The summed E-state index contributed by atoms with van der Waals surface area (Å²) in [6.45, 7) is 0. The number of fused-ring (bicyclic) bond motifs is 1. The van der Waals surface area contributed by atoms with E-state index in [-0.39, 0.29) is 17.9 Å². The third kappa shape index (κ3) is 2.36. The molecule has 20 heavy (non-hydrogen) atoms. The lowest BCUT2D eigenvalue weighted by atomic mass is 10.1. The van der Waals surface area contributed by atoms with Gasteiger partial charge in [0, 0.05) is 17.0 Å². The maximum Gasteiger partial charge on any atom is 0.306 e. The van der Waals surface area contributed by atoms with Crippen molar-refractivity contribution < 1.29 is 14.7 Å². The van der Waals surface area contributed by atoms with E-state index in [2.05, 4.69) is 15.5 Å². The van der Waals surface area contributed by atoms with E-state index < -0.39 is 5.97 Å². The standard InChI is InChI=1S/C14H15N3O3/c18-13(16-11-3-1-9(6-11)14(19)20)8-2-4-12-10(5-8)7-15-17-12/h2,4-5,7,9,11H,1,3,6H2,(H,15,17)(H,16,18)(H,19,20)/t9-,11+/m1/s1. The Bertz CT molecular complexity index is 664. The Balaban J connectivity index is 1.68. The summed E-state index contributed by atoms with van der Waals surface area (Å²) in [4.78, 5) is 23.1. The van der Waals surface area contributed by atoms with Crippen LogP contribution in [0, 0.1) is 5.92 Å². The molecule has 3 rings (SSSR count). The van der Waals surface area contributed by atoms with E-state index in [4.69, 9.17) is 5.11 Å². The molecule has 1 aliphatic rings. The van der Waals surface area contributed by atoms with Gasteiger partial charge in [-0.1, -0.05) is 0 Å². The summed E-state index contributed by atoms with van der Waals surface area (Å²) in [5, 5.41) is 19.5. The number of aliphatic carboxylic acids is 1. The predicted molar refractivity (Wildman–Crippen MR) is 72.3 cm³/mol. The molecule has 104 valence electrons. The molecule has 1 aromatic carbocycles. The van der Waals surface area contributed by atoms with Crippen molar-refractivity contribution in [2.75, 3.05) is 0 Å². The van der Waals surface area contributed by atoms with E-state index >= 15 is 0 Å². The van der Waals surface area contributed by atoms with Gasteiger partial charge in [-0.05, 0) is 37.5 Å². The molecule has 1 fully saturated rings. The minimum absolute atomic E-state index is 0.0522. The molecule has 0 aliphatic heterocycles. The van der Waals surface area contributed by atoms with E-state index in [1.807, 2.05) is 6.07 Å². The number of aromatic nitrogens is 2. The van der Waals surface area contributed by atoms with E-state index in [0.29, 0.717) is 18.4 Å². The topological polar surface area (TPSA) is 95.1 Å². The quantitative estimate of drug-likeness (QED) is 0.790. The van der Waals surface area contributed by atoms with Gasteiger partial charge in [0.2, 0.25) is 0 Å². The number of carboxylic acids is 1. The Kier molecular flexibility index (Phi) is 3.14. The lowest BCUT2D eigenvalue weighted by molar-refractivity contribution is -0.141. The highest BCUT2D eigenvalue weighted by atomic mass is 16.4. The molecule has 1 saturated carbocycles. The van der Waals surface area contributed by atoms with Gasteiger partial charge in [-0.3, -0.25) is 14.7 Å². The van der Waals surface area contributed by atoms with Crippen LogP contribution in [-0.4, -0.2) is 33.2 Å². The number of hydrogen-bond donors (Lipinski definition) is 3. The first-order valence-electron chi connectivity index (χ1n) is 6.60. The van der Waals surface area contributed by atoms with Crippen LogP contribution in [-0.2, 0) is 4.79 Å². The van der Waals surface area contributed by atoms with Crippen LogP contribution >= 0.6 is 0 Å². The number of aromatic amines is 1. The van der Waals surface area contributed by atoms with Crippen LogP contribution in [0.25, 0.3) is 10.9 Å². The number of carbonyl (C=O) groups excluding carboxylic acids is 1. The molecule has 0 unspecified atom stereocenters. The van der Waals surface area contributed by atoms with Crippen molar-refractivity contribution in [3.63, 3.8) is 0 Å². The highest BCUT2D eigenvalue weighted by Crippen LogP contribution is 2.26. The summed E-state index contributed by atoms with van der Waals surface area (Å²) in [7, 11) is 0. The summed E-state index contributed by atoms with van der Waals surface area (Å²) >= 11 is 0. The number of hydrogen-bond acceptors (Lipinski definition) is 3. The molecule has 6 nitrogen and oxygen atoms in total. The second kappa shape index (κ2) is 4.96. The van der Waals surface area contributed by atoms with Gasteiger partial charge < -0.3 is 10.4 Å². The molecular weight excluding hydrogens is 258 g/mol. The zero-order chi connectivity index (χ0) is 14.1. The van der Waals surface area contributed by atoms with Crippen LogP contribution < -0.4 is 5.32 Å². The minimum Gasteiger partial charge on any atom is -0.481 e. The maximum absolute atomic E-state index is 12.2. The van der Waals surface area contributed by atoms with Crippen LogP contribution in [0.3, 0.4) is 0 Å². The van der Waals surface area contributed by atoms with Gasteiger partial charge in [-0.15, -0.1) is 0 Å². The third-order valence-corrected chi connectivity index (χ3v) is 3.82. The third-order valence-electron chi connectivity index (χ3n) is 3.82. The van der Waals surface area contributed by atoms with Gasteiger partial charge >= 0.3 is 5.97 Å². The summed E-state index contributed by atoms with van der Waals surface area (Å²) in [5.74, 6) is -1.28. The van der Waals surface area contributed by atoms with Crippen molar-refractivity contribution in [2.45, 2.75) is 25.3 Å². The van der Waals surface area contributed by atoms with E-state index in [0.717, 1.165) is 17.3 Å². The Morgan fingerprint density at radius 2 is 2.20 bits per heavy atom. The first-order chi connectivity index (χ1) is 9.63. The fourth-order valence-electron chi connectivity index (χ4n) is 2.69. The number of carbonyl (C=O) groups is 2. The van der Waals surface area contributed by atoms with Gasteiger partial charge in [-0.25, -0.2) is 0 Å². The summed E-state index contributed by atoms with van der Waals surface area (Å²) in [6.07, 6.45) is 3.52. The number of nitrogens with zero attached hydrogens (tertiary/aromatic N) is 1. The predicted octanol–water partition coefficient (Wildman–Crippen LogP) is 1.55. The molecule has 0 saturated heterocycles.